The maximum Gasteiger partial charge on any atom is 0.270 e. The van der Waals surface area contributed by atoms with E-state index in [2.05, 4.69) is 42.5 Å². The molecule has 9 heteroatoms. The summed E-state index contributed by atoms with van der Waals surface area (Å²) >= 11 is 1.66. The molecular formula is C23H21N7OS. The highest BCUT2D eigenvalue weighted by molar-refractivity contribution is 7.15. The number of rotatable bonds is 4. The van der Waals surface area contributed by atoms with Gasteiger partial charge >= 0.3 is 0 Å². The maximum absolute atomic E-state index is 6.10. The lowest BCUT2D eigenvalue weighted by Gasteiger charge is -2.17. The second-order valence-corrected chi connectivity index (χ2v) is 9.22. The molecule has 0 fully saturated rings. The van der Waals surface area contributed by atoms with Gasteiger partial charge in [0, 0.05) is 23.2 Å². The van der Waals surface area contributed by atoms with Crippen LogP contribution in [-0.4, -0.2) is 31.7 Å². The van der Waals surface area contributed by atoms with Crippen LogP contribution >= 0.6 is 11.3 Å². The second-order valence-electron chi connectivity index (χ2n) is 8.09. The lowest BCUT2D eigenvalue weighted by atomic mass is 9.89. The third kappa shape index (κ3) is 3.64. The Bertz CT molecular complexity index is 1330. The topological polar surface area (TPSA) is 116 Å². The summed E-state index contributed by atoms with van der Waals surface area (Å²) < 4.78 is 5.95. The number of nitrogens with zero attached hydrogens (tertiary/aromatic N) is 5. The Kier molecular flexibility index (Phi) is 4.96. The van der Waals surface area contributed by atoms with Crippen LogP contribution in [0.5, 0.6) is 0 Å². The molecule has 4 aromatic heterocycles. The van der Waals surface area contributed by atoms with Crippen molar-refractivity contribution in [3.63, 3.8) is 0 Å². The standard InChI is InChI=1S/C23H21N7OS/c1-4-23(2,3)18-10-13(6-8-26-18)15-11-27-20(24)19(28-15)22-30-29-21(31-22)16-9-14-5-7-25-12-17(14)32-16/h1,6,8-11,25H,5,7,12H2,2-3H3,(H2,24,27). The number of aromatic nitrogens is 5. The lowest BCUT2D eigenvalue weighted by molar-refractivity contribution is 0.583. The maximum atomic E-state index is 6.10. The molecule has 4 aromatic rings. The van der Waals surface area contributed by atoms with Gasteiger partial charge < -0.3 is 15.5 Å². The highest BCUT2D eigenvalue weighted by atomic mass is 32.1. The first-order chi connectivity index (χ1) is 15.4. The summed E-state index contributed by atoms with van der Waals surface area (Å²) in [5, 5.41) is 11.8. The highest BCUT2D eigenvalue weighted by Crippen LogP contribution is 2.34. The number of pyridine rings is 1. The minimum atomic E-state index is -0.503. The Hall–Kier alpha value is -3.61. The summed E-state index contributed by atoms with van der Waals surface area (Å²) in [6.07, 6.45) is 9.98. The number of nitrogen functional groups attached to an aromatic ring is 1. The van der Waals surface area contributed by atoms with Gasteiger partial charge in [-0.1, -0.05) is 5.92 Å². The van der Waals surface area contributed by atoms with E-state index in [1.54, 1.807) is 23.7 Å². The molecule has 0 radical (unpaired) electrons. The van der Waals surface area contributed by atoms with E-state index in [0.717, 1.165) is 35.6 Å². The number of nitrogens with one attached hydrogen (secondary N) is 1. The van der Waals surface area contributed by atoms with Crippen molar-refractivity contribution in [2.24, 2.45) is 0 Å². The average Bonchev–Trinajstić information content (AvgIpc) is 3.47. The molecule has 0 aromatic carbocycles. The van der Waals surface area contributed by atoms with Crippen LogP contribution in [0.3, 0.4) is 0 Å². The minimum absolute atomic E-state index is 0.219. The molecule has 1 aliphatic heterocycles. The number of fused-ring (bicyclic) bond motifs is 1. The number of hydrogen-bond donors (Lipinski definition) is 2. The van der Waals surface area contributed by atoms with Crippen molar-refractivity contribution in [2.75, 3.05) is 12.3 Å². The Labute approximate surface area is 189 Å². The predicted octanol–water partition coefficient (Wildman–Crippen LogP) is 3.46. The number of terminal acetylenes is 1. The third-order valence-corrected chi connectivity index (χ3v) is 6.61. The molecule has 0 saturated heterocycles. The minimum Gasteiger partial charge on any atom is -0.414 e. The van der Waals surface area contributed by atoms with Crippen LogP contribution in [0.1, 0.15) is 30.0 Å². The number of nitrogens with two attached hydrogens (primary N) is 1. The molecule has 0 saturated carbocycles. The van der Waals surface area contributed by atoms with Crippen LogP contribution in [0.25, 0.3) is 33.6 Å². The Morgan fingerprint density at radius 1 is 1.22 bits per heavy atom. The molecule has 0 bridgehead atoms. The molecule has 160 valence electrons. The summed E-state index contributed by atoms with van der Waals surface area (Å²) in [4.78, 5) is 15.6. The van der Waals surface area contributed by atoms with Gasteiger partial charge in [0.05, 0.1) is 27.9 Å². The Morgan fingerprint density at radius 3 is 2.88 bits per heavy atom. The molecule has 3 N–H and O–H groups in total. The van der Waals surface area contributed by atoms with E-state index in [0.29, 0.717) is 17.3 Å². The summed E-state index contributed by atoms with van der Waals surface area (Å²) in [6.45, 7) is 5.73. The molecule has 1 aliphatic rings. The van der Waals surface area contributed by atoms with E-state index >= 15 is 0 Å². The van der Waals surface area contributed by atoms with Crippen molar-refractivity contribution >= 4 is 17.2 Å². The van der Waals surface area contributed by atoms with Crippen LogP contribution in [0.2, 0.25) is 0 Å². The van der Waals surface area contributed by atoms with Crippen molar-refractivity contribution in [3.8, 4) is 46.0 Å². The van der Waals surface area contributed by atoms with Gasteiger partial charge in [-0.3, -0.25) is 4.98 Å². The quantitative estimate of drug-likeness (QED) is 0.461. The van der Waals surface area contributed by atoms with Gasteiger partial charge in [0.2, 0.25) is 0 Å². The largest absolute Gasteiger partial charge is 0.414 e. The normalized spacial score (nSPS) is 13.5. The summed E-state index contributed by atoms with van der Waals surface area (Å²) in [7, 11) is 0. The molecule has 0 unspecified atom stereocenters. The SMILES string of the molecule is C#CC(C)(C)c1cc(-c2cnc(N)c(-c3nnc(-c4cc5c(s4)CNCC5)o3)n2)ccn1. The highest BCUT2D eigenvalue weighted by Gasteiger charge is 2.22. The van der Waals surface area contributed by atoms with Crippen LogP contribution in [0.15, 0.2) is 35.0 Å². The second kappa shape index (κ2) is 7.82. The number of thiophene rings is 1. The third-order valence-electron chi connectivity index (χ3n) is 5.45. The molecule has 0 amide bonds. The summed E-state index contributed by atoms with van der Waals surface area (Å²) in [5.74, 6) is 3.67. The fourth-order valence-corrected chi connectivity index (χ4v) is 4.58. The summed E-state index contributed by atoms with van der Waals surface area (Å²) in [5.41, 5.74) is 9.48. The van der Waals surface area contributed by atoms with Crippen molar-refractivity contribution in [1.29, 1.82) is 0 Å². The van der Waals surface area contributed by atoms with Crippen LogP contribution in [0, 0.1) is 12.3 Å². The first-order valence-electron chi connectivity index (χ1n) is 10.2. The van der Waals surface area contributed by atoms with Gasteiger partial charge in [0.25, 0.3) is 11.8 Å². The predicted molar refractivity (Wildman–Crippen MR) is 124 cm³/mol. The van der Waals surface area contributed by atoms with E-state index in [-0.39, 0.29) is 11.7 Å². The molecule has 32 heavy (non-hydrogen) atoms. The zero-order valence-corrected chi connectivity index (χ0v) is 18.5. The number of anilines is 1. The number of hydrogen-bond acceptors (Lipinski definition) is 9. The molecule has 0 aliphatic carbocycles. The van der Waals surface area contributed by atoms with Gasteiger partial charge in [-0.2, -0.15) is 0 Å². The van der Waals surface area contributed by atoms with Crippen LogP contribution in [0.4, 0.5) is 5.82 Å². The van der Waals surface area contributed by atoms with Gasteiger partial charge in [-0.15, -0.1) is 28.0 Å². The van der Waals surface area contributed by atoms with Crippen molar-refractivity contribution in [3.05, 3.63) is 46.7 Å². The fraction of sp³-hybridized carbons (Fsp3) is 0.261. The van der Waals surface area contributed by atoms with Crippen molar-refractivity contribution < 1.29 is 4.42 Å². The van der Waals surface area contributed by atoms with Gasteiger partial charge in [0.1, 0.15) is 0 Å². The smallest absolute Gasteiger partial charge is 0.270 e. The zero-order valence-electron chi connectivity index (χ0n) is 17.7. The molecule has 5 rings (SSSR count). The van der Waals surface area contributed by atoms with Gasteiger partial charge in [-0.05, 0) is 50.6 Å². The molecule has 0 atom stereocenters. The van der Waals surface area contributed by atoms with E-state index in [1.165, 1.54) is 10.4 Å². The Balaban J connectivity index is 1.50. The van der Waals surface area contributed by atoms with E-state index in [4.69, 9.17) is 16.6 Å². The first-order valence-corrected chi connectivity index (χ1v) is 11.0. The monoisotopic (exact) mass is 443 g/mol. The first kappa shape index (κ1) is 20.3. The van der Waals surface area contributed by atoms with Crippen LogP contribution in [-0.2, 0) is 18.4 Å². The van der Waals surface area contributed by atoms with Gasteiger partial charge in [0.15, 0.2) is 11.5 Å². The van der Waals surface area contributed by atoms with Crippen molar-refractivity contribution in [2.45, 2.75) is 32.2 Å². The molecule has 0 spiro atoms. The molecular weight excluding hydrogens is 422 g/mol. The van der Waals surface area contributed by atoms with Gasteiger partial charge in [-0.25, -0.2) is 9.97 Å². The molecule has 5 heterocycles. The van der Waals surface area contributed by atoms with Crippen LogP contribution < -0.4 is 11.1 Å². The van der Waals surface area contributed by atoms with E-state index in [9.17, 15) is 0 Å². The van der Waals surface area contributed by atoms with E-state index < -0.39 is 5.41 Å². The fourth-order valence-electron chi connectivity index (χ4n) is 3.48. The Morgan fingerprint density at radius 2 is 2.06 bits per heavy atom. The average molecular weight is 444 g/mol. The zero-order chi connectivity index (χ0) is 22.3. The molecule has 8 nitrogen and oxygen atoms in total. The summed E-state index contributed by atoms with van der Waals surface area (Å²) in [6, 6.07) is 5.88. The lowest BCUT2D eigenvalue weighted by Crippen LogP contribution is -2.21. The van der Waals surface area contributed by atoms with Crippen molar-refractivity contribution in [1.82, 2.24) is 30.5 Å². The van der Waals surface area contributed by atoms with E-state index in [1.807, 2.05) is 26.0 Å².